The van der Waals surface area contributed by atoms with Crippen LogP contribution in [0.15, 0.2) is 65.3 Å². The van der Waals surface area contributed by atoms with Gasteiger partial charge in [-0.15, -0.1) is 0 Å². The van der Waals surface area contributed by atoms with Crippen molar-refractivity contribution in [1.82, 2.24) is 0 Å². The Morgan fingerprint density at radius 1 is 0.962 bits per heavy atom. The molecule has 0 aromatic heterocycles. The summed E-state index contributed by atoms with van der Waals surface area (Å²) in [6.45, 7) is 7.06. The summed E-state index contributed by atoms with van der Waals surface area (Å²) in [4.78, 5) is 22.1. The Morgan fingerprint density at radius 2 is 1.62 bits per heavy atom. The Morgan fingerprint density at radius 3 is 2.19 bits per heavy atom. The maximum absolute atomic E-state index is 11.2. The predicted octanol–water partition coefficient (Wildman–Crippen LogP) is 4.56. The van der Waals surface area contributed by atoms with Gasteiger partial charge in [-0.1, -0.05) is 48.1 Å². The molecule has 1 aromatic rings. The van der Waals surface area contributed by atoms with Crippen molar-refractivity contribution in [2.24, 2.45) is 0 Å². The lowest BCUT2D eigenvalue weighted by molar-refractivity contribution is -0.141. The second kappa shape index (κ2) is 11.9. The summed E-state index contributed by atoms with van der Waals surface area (Å²) < 4.78 is 10.1. The highest BCUT2D eigenvalue weighted by Gasteiger charge is 2.07. The minimum Gasteiger partial charge on any atom is -0.462 e. The molecule has 4 nitrogen and oxygen atoms in total. The van der Waals surface area contributed by atoms with E-state index in [1.807, 2.05) is 38.1 Å². The van der Waals surface area contributed by atoms with Crippen molar-refractivity contribution in [3.8, 4) is 0 Å². The maximum atomic E-state index is 11.2. The summed E-state index contributed by atoms with van der Waals surface area (Å²) in [7, 11) is 0. The van der Waals surface area contributed by atoms with Gasteiger partial charge < -0.3 is 9.47 Å². The molecule has 26 heavy (non-hydrogen) atoms. The first-order chi connectivity index (χ1) is 12.4. The standard InChI is InChI=1S/C22H28O4/c1-17(2)22(13-9-8-12-20-10-6-5-7-11-20)21(16-26-19(4)24)14-15-25-18(3)23/h5-7,9-11,13-14H,8,12,15-16H2,1-4H3/b13-9-,21-14+. The third kappa shape index (κ3) is 9.02. The SMILES string of the molecule is CC(=O)OC/C=C(\COC(C)=O)C(/C=C\CCc1ccccc1)=C(C)C. The van der Waals surface area contributed by atoms with Gasteiger partial charge in [0, 0.05) is 13.8 Å². The molecule has 0 saturated heterocycles. The Bertz CT molecular complexity index is 677. The molecule has 1 rings (SSSR count). The van der Waals surface area contributed by atoms with Crippen molar-refractivity contribution in [3.05, 3.63) is 70.8 Å². The van der Waals surface area contributed by atoms with Crippen LogP contribution in [0.2, 0.25) is 0 Å². The summed E-state index contributed by atoms with van der Waals surface area (Å²) in [5.41, 5.74) is 4.22. The second-order valence-electron chi connectivity index (χ2n) is 6.15. The highest BCUT2D eigenvalue weighted by atomic mass is 16.5. The van der Waals surface area contributed by atoms with Crippen molar-refractivity contribution in [2.75, 3.05) is 13.2 Å². The van der Waals surface area contributed by atoms with Crippen LogP contribution in [0.1, 0.15) is 39.7 Å². The number of esters is 2. The average Bonchev–Trinajstić information content (AvgIpc) is 2.58. The zero-order chi connectivity index (χ0) is 19.4. The molecule has 0 unspecified atom stereocenters. The third-order valence-corrected chi connectivity index (χ3v) is 3.66. The Labute approximate surface area is 156 Å². The summed E-state index contributed by atoms with van der Waals surface area (Å²) in [5, 5.41) is 0. The molecule has 0 spiro atoms. The fourth-order valence-electron chi connectivity index (χ4n) is 2.38. The minimum absolute atomic E-state index is 0.153. The first-order valence-corrected chi connectivity index (χ1v) is 8.74. The highest BCUT2D eigenvalue weighted by Crippen LogP contribution is 2.18. The molecular formula is C22H28O4. The number of hydrogen-bond donors (Lipinski definition) is 0. The molecule has 0 atom stereocenters. The number of carbonyl (C=O) groups is 2. The molecule has 0 aliphatic heterocycles. The number of rotatable bonds is 9. The Kier molecular flexibility index (Phi) is 9.77. The molecule has 140 valence electrons. The largest absolute Gasteiger partial charge is 0.462 e. The fourth-order valence-corrected chi connectivity index (χ4v) is 2.38. The molecule has 0 amide bonds. The van der Waals surface area contributed by atoms with Gasteiger partial charge in [0.2, 0.25) is 0 Å². The van der Waals surface area contributed by atoms with Crippen LogP contribution in [-0.4, -0.2) is 25.2 Å². The summed E-state index contributed by atoms with van der Waals surface area (Å²) in [6, 6.07) is 10.3. The molecule has 0 heterocycles. The van der Waals surface area contributed by atoms with Gasteiger partial charge in [0.1, 0.15) is 13.2 Å². The van der Waals surface area contributed by atoms with Crippen LogP contribution in [0.25, 0.3) is 0 Å². The van der Waals surface area contributed by atoms with E-state index in [9.17, 15) is 9.59 Å². The number of ether oxygens (including phenoxy) is 2. The van der Waals surface area contributed by atoms with E-state index in [2.05, 4.69) is 18.2 Å². The first kappa shape index (κ1) is 21.4. The van der Waals surface area contributed by atoms with Gasteiger partial charge in [0.05, 0.1) is 0 Å². The highest BCUT2D eigenvalue weighted by molar-refractivity contribution is 5.67. The molecule has 0 aliphatic carbocycles. The predicted molar refractivity (Wildman–Crippen MR) is 104 cm³/mol. The van der Waals surface area contributed by atoms with Crippen molar-refractivity contribution < 1.29 is 19.1 Å². The number of hydrogen-bond acceptors (Lipinski definition) is 4. The van der Waals surface area contributed by atoms with Gasteiger partial charge >= 0.3 is 11.9 Å². The summed E-state index contributed by atoms with van der Waals surface area (Å²) in [6.07, 6.45) is 7.81. The maximum Gasteiger partial charge on any atom is 0.302 e. The van der Waals surface area contributed by atoms with Crippen LogP contribution < -0.4 is 0 Å². The molecule has 0 aliphatic rings. The van der Waals surface area contributed by atoms with Gasteiger partial charge in [0.25, 0.3) is 0 Å². The molecule has 4 heteroatoms. The monoisotopic (exact) mass is 356 g/mol. The molecule has 0 fully saturated rings. The van der Waals surface area contributed by atoms with E-state index in [1.165, 1.54) is 19.4 Å². The van der Waals surface area contributed by atoms with Crippen LogP contribution in [-0.2, 0) is 25.5 Å². The lowest BCUT2D eigenvalue weighted by Gasteiger charge is -2.12. The van der Waals surface area contributed by atoms with Crippen molar-refractivity contribution in [2.45, 2.75) is 40.5 Å². The molecule has 0 N–H and O–H groups in total. The van der Waals surface area contributed by atoms with Crippen molar-refractivity contribution in [3.63, 3.8) is 0 Å². The van der Waals surface area contributed by atoms with E-state index >= 15 is 0 Å². The lowest BCUT2D eigenvalue weighted by Crippen LogP contribution is -2.07. The van der Waals surface area contributed by atoms with Crippen LogP contribution in [0.3, 0.4) is 0 Å². The van der Waals surface area contributed by atoms with Crippen LogP contribution in [0, 0.1) is 0 Å². The van der Waals surface area contributed by atoms with Gasteiger partial charge in [0.15, 0.2) is 0 Å². The Balaban J connectivity index is 2.82. The molecule has 1 aromatic carbocycles. The quantitative estimate of drug-likeness (QED) is 0.481. The van der Waals surface area contributed by atoms with Crippen LogP contribution in [0.4, 0.5) is 0 Å². The normalized spacial score (nSPS) is 11.3. The van der Waals surface area contributed by atoms with E-state index in [4.69, 9.17) is 9.47 Å². The smallest absolute Gasteiger partial charge is 0.302 e. The number of carbonyl (C=O) groups excluding carboxylic acids is 2. The van der Waals surface area contributed by atoms with E-state index in [1.54, 1.807) is 6.08 Å². The van der Waals surface area contributed by atoms with E-state index < -0.39 is 0 Å². The number of aryl methyl sites for hydroxylation is 1. The van der Waals surface area contributed by atoms with Gasteiger partial charge in [-0.2, -0.15) is 0 Å². The first-order valence-electron chi connectivity index (χ1n) is 8.74. The number of benzene rings is 1. The third-order valence-electron chi connectivity index (χ3n) is 3.66. The fraction of sp³-hybridized carbons (Fsp3) is 0.364. The molecule has 0 radical (unpaired) electrons. The van der Waals surface area contributed by atoms with Gasteiger partial charge in [-0.3, -0.25) is 9.59 Å². The molecule has 0 saturated carbocycles. The van der Waals surface area contributed by atoms with Crippen molar-refractivity contribution >= 4 is 11.9 Å². The van der Waals surface area contributed by atoms with E-state index in [0.717, 1.165) is 29.6 Å². The summed E-state index contributed by atoms with van der Waals surface area (Å²) in [5.74, 6) is -0.685. The zero-order valence-electron chi connectivity index (χ0n) is 16.1. The van der Waals surface area contributed by atoms with Gasteiger partial charge in [-0.25, -0.2) is 0 Å². The topological polar surface area (TPSA) is 52.6 Å². The second-order valence-corrected chi connectivity index (χ2v) is 6.15. The average molecular weight is 356 g/mol. The lowest BCUT2D eigenvalue weighted by atomic mass is 10.00. The summed E-state index contributed by atoms with van der Waals surface area (Å²) >= 11 is 0. The zero-order valence-corrected chi connectivity index (χ0v) is 16.1. The van der Waals surface area contributed by atoms with E-state index in [-0.39, 0.29) is 25.2 Å². The van der Waals surface area contributed by atoms with Crippen molar-refractivity contribution in [1.29, 1.82) is 0 Å². The van der Waals surface area contributed by atoms with Crippen LogP contribution >= 0.6 is 0 Å². The van der Waals surface area contributed by atoms with E-state index in [0.29, 0.717) is 0 Å². The molecular weight excluding hydrogens is 328 g/mol. The number of allylic oxidation sites excluding steroid dienone is 3. The van der Waals surface area contributed by atoms with Gasteiger partial charge in [-0.05, 0) is 49.5 Å². The molecule has 0 bridgehead atoms. The Hall–Kier alpha value is -2.62. The minimum atomic E-state index is -0.343. The van der Waals surface area contributed by atoms with Crippen LogP contribution in [0.5, 0.6) is 0 Å².